The Balaban J connectivity index is 2.34. The number of anilines is 2. The van der Waals surface area contributed by atoms with E-state index in [0.717, 1.165) is 24.5 Å². The lowest BCUT2D eigenvalue weighted by atomic mass is 10.2. The van der Waals surface area contributed by atoms with Crippen molar-refractivity contribution in [2.75, 3.05) is 22.8 Å². The topological polar surface area (TPSA) is 102 Å². The van der Waals surface area contributed by atoms with Crippen molar-refractivity contribution in [3.05, 3.63) is 47.2 Å². The smallest absolute Gasteiger partial charge is 0.261 e. The van der Waals surface area contributed by atoms with Gasteiger partial charge >= 0.3 is 0 Å². The number of nitrogens with one attached hydrogen (secondary N) is 2. The zero-order chi connectivity index (χ0) is 18.8. The third kappa shape index (κ3) is 4.97. The van der Waals surface area contributed by atoms with Crippen molar-refractivity contribution in [1.82, 2.24) is 0 Å². The number of methoxy groups -OCH3 is 1. The van der Waals surface area contributed by atoms with Crippen LogP contribution < -0.4 is 14.2 Å². The van der Waals surface area contributed by atoms with Crippen molar-refractivity contribution in [2.45, 2.75) is 4.90 Å². The summed E-state index contributed by atoms with van der Waals surface area (Å²) in [6.45, 7) is 0. The third-order valence-corrected chi connectivity index (χ3v) is 5.21. The lowest BCUT2D eigenvalue weighted by Crippen LogP contribution is -2.14. The molecule has 0 bridgehead atoms. The molecule has 11 heteroatoms. The van der Waals surface area contributed by atoms with Crippen LogP contribution in [0.15, 0.2) is 41.3 Å². The van der Waals surface area contributed by atoms with Crippen molar-refractivity contribution in [1.29, 1.82) is 0 Å². The molecule has 0 atom stereocenters. The van der Waals surface area contributed by atoms with E-state index in [1.165, 1.54) is 25.3 Å². The highest BCUT2D eigenvalue weighted by atomic mass is 35.5. The summed E-state index contributed by atoms with van der Waals surface area (Å²) in [6.07, 6.45) is 0.974. The van der Waals surface area contributed by atoms with Gasteiger partial charge in [0.15, 0.2) is 0 Å². The van der Waals surface area contributed by atoms with Crippen molar-refractivity contribution in [3.63, 3.8) is 0 Å². The number of hydrogen-bond donors (Lipinski definition) is 2. The van der Waals surface area contributed by atoms with Crippen LogP contribution in [-0.4, -0.2) is 30.2 Å². The van der Waals surface area contributed by atoms with E-state index in [4.69, 9.17) is 16.3 Å². The molecule has 0 aliphatic rings. The Morgan fingerprint density at radius 2 is 1.72 bits per heavy atom. The van der Waals surface area contributed by atoms with Gasteiger partial charge in [-0.1, -0.05) is 11.6 Å². The molecular formula is C14H14ClFN2O5S2. The first-order valence-electron chi connectivity index (χ1n) is 6.65. The maximum absolute atomic E-state index is 13.2. The molecule has 136 valence electrons. The lowest BCUT2D eigenvalue weighted by molar-refractivity contribution is 0.417. The molecule has 2 aromatic rings. The summed E-state index contributed by atoms with van der Waals surface area (Å²) in [6, 6.07) is 6.98. The second-order valence-corrected chi connectivity index (χ2v) is 8.81. The van der Waals surface area contributed by atoms with Gasteiger partial charge in [-0.15, -0.1) is 0 Å². The molecule has 2 N–H and O–H groups in total. The van der Waals surface area contributed by atoms with Gasteiger partial charge in [-0.2, -0.15) is 0 Å². The van der Waals surface area contributed by atoms with Crippen LogP contribution >= 0.6 is 11.6 Å². The van der Waals surface area contributed by atoms with Crippen molar-refractivity contribution in [3.8, 4) is 5.75 Å². The summed E-state index contributed by atoms with van der Waals surface area (Å²) in [5.74, 6) is -0.624. The first-order chi connectivity index (χ1) is 11.5. The second kappa shape index (κ2) is 7.06. The summed E-state index contributed by atoms with van der Waals surface area (Å²) >= 11 is 5.60. The number of ether oxygens (including phenoxy) is 1. The summed E-state index contributed by atoms with van der Waals surface area (Å²) in [5.41, 5.74) is 0.272. The van der Waals surface area contributed by atoms with E-state index in [9.17, 15) is 21.2 Å². The zero-order valence-electron chi connectivity index (χ0n) is 13.1. The van der Waals surface area contributed by atoms with Crippen LogP contribution in [-0.2, 0) is 20.0 Å². The van der Waals surface area contributed by atoms with E-state index in [0.29, 0.717) is 0 Å². The van der Waals surface area contributed by atoms with Gasteiger partial charge in [-0.05, 0) is 30.3 Å². The number of hydrogen-bond acceptors (Lipinski definition) is 5. The van der Waals surface area contributed by atoms with E-state index < -0.39 is 25.9 Å². The molecule has 0 fully saturated rings. The van der Waals surface area contributed by atoms with Gasteiger partial charge in [0.25, 0.3) is 10.0 Å². The summed E-state index contributed by atoms with van der Waals surface area (Å²) in [7, 11) is -6.24. The van der Waals surface area contributed by atoms with Gasteiger partial charge in [0.2, 0.25) is 10.0 Å². The lowest BCUT2D eigenvalue weighted by Gasteiger charge is -2.13. The van der Waals surface area contributed by atoms with Crippen LogP contribution in [0.3, 0.4) is 0 Å². The quantitative estimate of drug-likeness (QED) is 0.765. The fourth-order valence-corrected chi connectivity index (χ4v) is 3.79. The molecule has 0 aromatic heterocycles. The maximum Gasteiger partial charge on any atom is 0.261 e. The molecule has 0 aliphatic heterocycles. The monoisotopic (exact) mass is 408 g/mol. The summed E-state index contributed by atoms with van der Waals surface area (Å²) in [5, 5.41) is -0.326. The van der Waals surface area contributed by atoms with Crippen LogP contribution in [0.1, 0.15) is 0 Å². The van der Waals surface area contributed by atoms with Crippen molar-refractivity contribution in [2.24, 2.45) is 0 Å². The number of sulfonamides is 2. The molecule has 0 unspecified atom stereocenters. The second-order valence-electron chi connectivity index (χ2n) is 4.97. The molecule has 0 spiro atoms. The fourth-order valence-electron chi connectivity index (χ4n) is 1.90. The van der Waals surface area contributed by atoms with Gasteiger partial charge in [0.1, 0.15) is 11.6 Å². The van der Waals surface area contributed by atoms with E-state index in [1.54, 1.807) is 0 Å². The fraction of sp³-hybridized carbons (Fsp3) is 0.143. The predicted octanol–water partition coefficient (Wildman–Crippen LogP) is 2.66. The highest BCUT2D eigenvalue weighted by Gasteiger charge is 2.17. The molecule has 0 radical (unpaired) electrons. The molecule has 7 nitrogen and oxygen atoms in total. The Hall–Kier alpha value is -2.04. The Kier molecular flexibility index (Phi) is 5.45. The van der Waals surface area contributed by atoms with Gasteiger partial charge in [-0.25, -0.2) is 21.2 Å². The van der Waals surface area contributed by atoms with Crippen molar-refractivity contribution < 1.29 is 26.0 Å². The molecule has 0 amide bonds. The molecule has 0 saturated heterocycles. The van der Waals surface area contributed by atoms with E-state index in [1.807, 2.05) is 0 Å². The van der Waals surface area contributed by atoms with E-state index >= 15 is 0 Å². The molecule has 0 heterocycles. The van der Waals surface area contributed by atoms with Gasteiger partial charge < -0.3 is 4.74 Å². The standard InChI is InChI=1S/C14H14ClFN2O5S2/c1-23-14-7-9(3-6-13(14)18-24(2,19)20)17-25(21,22)10-4-5-12(16)11(15)8-10/h3-8,17-18H,1-2H3. The van der Waals surface area contributed by atoms with Gasteiger partial charge in [0, 0.05) is 6.07 Å². The Bertz CT molecular complexity index is 1010. The van der Waals surface area contributed by atoms with E-state index in [-0.39, 0.29) is 27.0 Å². The third-order valence-electron chi connectivity index (χ3n) is 2.95. The Labute approximate surface area is 149 Å². The molecule has 0 saturated carbocycles. The van der Waals surface area contributed by atoms with Gasteiger partial charge in [-0.3, -0.25) is 9.44 Å². The Morgan fingerprint density at radius 3 is 2.28 bits per heavy atom. The Morgan fingerprint density at radius 1 is 1.04 bits per heavy atom. The van der Waals surface area contributed by atoms with Crippen LogP contribution in [0.4, 0.5) is 15.8 Å². The summed E-state index contributed by atoms with van der Waals surface area (Å²) < 4.78 is 70.0. The minimum atomic E-state index is -4.02. The molecular weight excluding hydrogens is 395 g/mol. The van der Waals surface area contributed by atoms with Crippen LogP contribution in [0, 0.1) is 5.82 Å². The maximum atomic E-state index is 13.2. The van der Waals surface area contributed by atoms with Crippen LogP contribution in [0.2, 0.25) is 5.02 Å². The molecule has 2 aromatic carbocycles. The molecule has 2 rings (SSSR count). The average molecular weight is 409 g/mol. The average Bonchev–Trinajstić information content (AvgIpc) is 2.49. The highest BCUT2D eigenvalue weighted by molar-refractivity contribution is 7.92. The molecule has 25 heavy (non-hydrogen) atoms. The van der Waals surface area contributed by atoms with Gasteiger partial charge in [0.05, 0.1) is 34.7 Å². The SMILES string of the molecule is COc1cc(NS(=O)(=O)c2ccc(F)c(Cl)c2)ccc1NS(C)(=O)=O. The van der Waals surface area contributed by atoms with Crippen LogP contribution in [0.25, 0.3) is 0 Å². The van der Waals surface area contributed by atoms with Crippen LogP contribution in [0.5, 0.6) is 5.75 Å². The summed E-state index contributed by atoms with van der Waals surface area (Å²) in [4.78, 5) is -0.226. The normalized spacial score (nSPS) is 11.8. The minimum Gasteiger partial charge on any atom is -0.494 e. The van der Waals surface area contributed by atoms with E-state index in [2.05, 4.69) is 9.44 Å². The number of halogens is 2. The minimum absolute atomic E-state index is 0.114. The number of benzene rings is 2. The predicted molar refractivity (Wildman–Crippen MR) is 93.7 cm³/mol. The largest absolute Gasteiger partial charge is 0.494 e. The highest BCUT2D eigenvalue weighted by Crippen LogP contribution is 2.30. The van der Waals surface area contributed by atoms with Crippen molar-refractivity contribution >= 4 is 43.0 Å². The molecule has 0 aliphatic carbocycles. The first-order valence-corrected chi connectivity index (χ1v) is 10.4. The first kappa shape index (κ1) is 19.3. The number of rotatable bonds is 6. The zero-order valence-corrected chi connectivity index (χ0v) is 15.5.